The van der Waals surface area contributed by atoms with Crippen LogP contribution in [-0.2, 0) is 0 Å². The fraction of sp³-hybridized carbons (Fsp3) is 0.538. The number of hydrogen-bond acceptors (Lipinski definition) is 2. The third-order valence-corrected chi connectivity index (χ3v) is 4.30. The van der Waals surface area contributed by atoms with Crippen LogP contribution in [-0.4, -0.2) is 11.1 Å². The van der Waals surface area contributed by atoms with Gasteiger partial charge in [0.05, 0.1) is 6.17 Å². The largest absolute Gasteiger partial charge is 0.291 e. The Balaban J connectivity index is 2.23. The lowest BCUT2D eigenvalue weighted by atomic mass is 9.85. The molecule has 2 rings (SSSR count). The van der Waals surface area contributed by atoms with E-state index in [9.17, 15) is 0 Å². The molecule has 1 heterocycles. The van der Waals surface area contributed by atoms with E-state index < -0.39 is 0 Å². The standard InChI is InChI=1S/C13H19BrN2/c1-12(2)13(3,4)16-11(15-12)9-5-7-10(14)8-6-9/h5-8,11,15-16H,1-4H3. The minimum absolute atomic E-state index is 0.0880. The predicted octanol–water partition coefficient (Wildman–Crippen LogP) is 3.20. The van der Waals surface area contributed by atoms with Gasteiger partial charge in [-0.3, -0.25) is 10.6 Å². The molecule has 16 heavy (non-hydrogen) atoms. The maximum atomic E-state index is 3.63. The summed E-state index contributed by atoms with van der Waals surface area (Å²) in [5.41, 5.74) is 1.46. The molecule has 1 saturated heterocycles. The first kappa shape index (κ1) is 12.1. The van der Waals surface area contributed by atoms with Crippen LogP contribution in [0.4, 0.5) is 0 Å². The maximum Gasteiger partial charge on any atom is 0.0844 e. The molecular formula is C13H19BrN2. The summed E-state index contributed by atoms with van der Waals surface area (Å²) in [6.07, 6.45) is 0.234. The second-order valence-electron chi connectivity index (χ2n) is 5.52. The minimum atomic E-state index is 0.0880. The molecule has 0 amide bonds. The van der Waals surface area contributed by atoms with E-state index in [1.807, 2.05) is 0 Å². The molecule has 0 unspecified atom stereocenters. The third-order valence-electron chi connectivity index (χ3n) is 3.78. The highest BCUT2D eigenvalue weighted by Gasteiger charge is 2.45. The highest BCUT2D eigenvalue weighted by Crippen LogP contribution is 2.33. The lowest BCUT2D eigenvalue weighted by molar-refractivity contribution is 0.295. The molecule has 1 aliphatic rings. The van der Waals surface area contributed by atoms with Gasteiger partial charge in [-0.25, -0.2) is 0 Å². The summed E-state index contributed by atoms with van der Waals surface area (Å²) in [7, 11) is 0. The molecule has 3 heteroatoms. The topological polar surface area (TPSA) is 24.1 Å². The van der Waals surface area contributed by atoms with Crippen molar-refractivity contribution in [2.45, 2.75) is 44.9 Å². The van der Waals surface area contributed by atoms with Gasteiger partial charge in [0.2, 0.25) is 0 Å². The molecule has 1 aliphatic heterocycles. The monoisotopic (exact) mass is 282 g/mol. The van der Waals surface area contributed by atoms with Crippen molar-refractivity contribution in [1.29, 1.82) is 0 Å². The lowest BCUT2D eigenvalue weighted by Crippen LogP contribution is -2.51. The van der Waals surface area contributed by atoms with Gasteiger partial charge < -0.3 is 0 Å². The zero-order valence-electron chi connectivity index (χ0n) is 10.3. The van der Waals surface area contributed by atoms with Crippen LogP contribution in [0.1, 0.15) is 39.4 Å². The number of rotatable bonds is 1. The molecule has 0 aliphatic carbocycles. The van der Waals surface area contributed by atoms with Gasteiger partial charge in [-0.2, -0.15) is 0 Å². The minimum Gasteiger partial charge on any atom is -0.291 e. The first-order valence-electron chi connectivity index (χ1n) is 5.63. The summed E-state index contributed by atoms with van der Waals surface area (Å²) in [5, 5.41) is 7.26. The van der Waals surface area contributed by atoms with Crippen LogP contribution < -0.4 is 10.6 Å². The van der Waals surface area contributed by atoms with Crippen molar-refractivity contribution < 1.29 is 0 Å². The zero-order chi connectivity index (χ0) is 12.0. The maximum absolute atomic E-state index is 3.63. The Labute approximate surface area is 106 Å². The summed E-state index contributed by atoms with van der Waals surface area (Å²) >= 11 is 3.46. The first-order chi connectivity index (χ1) is 7.32. The summed E-state index contributed by atoms with van der Waals surface area (Å²) in [6.45, 7) is 8.94. The molecule has 0 atom stereocenters. The summed E-state index contributed by atoms with van der Waals surface area (Å²) < 4.78 is 1.12. The fourth-order valence-corrected chi connectivity index (χ4v) is 2.20. The van der Waals surface area contributed by atoms with Gasteiger partial charge in [0.25, 0.3) is 0 Å². The molecule has 1 fully saturated rings. The van der Waals surface area contributed by atoms with Gasteiger partial charge in [0, 0.05) is 15.6 Å². The fourth-order valence-electron chi connectivity index (χ4n) is 1.94. The molecule has 0 bridgehead atoms. The Bertz CT molecular complexity index is 365. The van der Waals surface area contributed by atoms with Crippen molar-refractivity contribution in [3.63, 3.8) is 0 Å². The smallest absolute Gasteiger partial charge is 0.0844 e. The zero-order valence-corrected chi connectivity index (χ0v) is 11.9. The van der Waals surface area contributed by atoms with Gasteiger partial charge in [0.1, 0.15) is 0 Å². The highest BCUT2D eigenvalue weighted by molar-refractivity contribution is 9.10. The molecule has 0 spiro atoms. The summed E-state index contributed by atoms with van der Waals surface area (Å²) in [5.74, 6) is 0. The van der Waals surface area contributed by atoms with Crippen LogP contribution >= 0.6 is 15.9 Å². The van der Waals surface area contributed by atoms with Gasteiger partial charge in [0.15, 0.2) is 0 Å². The molecule has 2 nitrogen and oxygen atoms in total. The number of benzene rings is 1. The summed E-state index contributed by atoms with van der Waals surface area (Å²) in [6, 6.07) is 8.45. The van der Waals surface area contributed by atoms with Crippen molar-refractivity contribution in [2.24, 2.45) is 0 Å². The second-order valence-corrected chi connectivity index (χ2v) is 6.44. The highest BCUT2D eigenvalue weighted by atomic mass is 79.9. The molecule has 1 aromatic rings. The van der Waals surface area contributed by atoms with Gasteiger partial charge in [-0.1, -0.05) is 28.1 Å². The van der Waals surface area contributed by atoms with Crippen LogP contribution in [0, 0.1) is 0 Å². The summed E-state index contributed by atoms with van der Waals surface area (Å²) in [4.78, 5) is 0. The van der Waals surface area contributed by atoms with Crippen molar-refractivity contribution in [2.75, 3.05) is 0 Å². The Morgan fingerprint density at radius 2 is 1.38 bits per heavy atom. The molecule has 1 aromatic carbocycles. The third kappa shape index (κ3) is 2.04. The van der Waals surface area contributed by atoms with Crippen molar-refractivity contribution in [3.05, 3.63) is 34.3 Å². The normalized spacial score (nSPS) is 23.6. The Morgan fingerprint density at radius 1 is 0.938 bits per heavy atom. The van der Waals surface area contributed by atoms with E-state index >= 15 is 0 Å². The average Bonchev–Trinajstić information content (AvgIpc) is 2.37. The first-order valence-corrected chi connectivity index (χ1v) is 6.42. The molecule has 88 valence electrons. The molecule has 0 saturated carbocycles. The van der Waals surface area contributed by atoms with Crippen LogP contribution in [0.5, 0.6) is 0 Å². The van der Waals surface area contributed by atoms with Crippen molar-refractivity contribution >= 4 is 15.9 Å². The Morgan fingerprint density at radius 3 is 1.81 bits per heavy atom. The lowest BCUT2D eigenvalue weighted by Gasteiger charge is -2.33. The number of halogens is 1. The SMILES string of the molecule is CC1(C)NC(c2ccc(Br)cc2)NC1(C)C. The van der Waals surface area contributed by atoms with Gasteiger partial charge in [-0.15, -0.1) is 0 Å². The predicted molar refractivity (Wildman–Crippen MR) is 71.3 cm³/mol. The van der Waals surface area contributed by atoms with Crippen LogP contribution in [0.2, 0.25) is 0 Å². The van der Waals surface area contributed by atoms with Gasteiger partial charge >= 0.3 is 0 Å². The van der Waals surface area contributed by atoms with Crippen LogP contribution in [0.25, 0.3) is 0 Å². The van der Waals surface area contributed by atoms with Crippen LogP contribution in [0.15, 0.2) is 28.7 Å². The van der Waals surface area contributed by atoms with E-state index in [1.54, 1.807) is 0 Å². The molecule has 0 aromatic heterocycles. The van der Waals surface area contributed by atoms with Crippen molar-refractivity contribution in [1.82, 2.24) is 10.6 Å². The van der Waals surface area contributed by atoms with E-state index in [0.29, 0.717) is 0 Å². The van der Waals surface area contributed by atoms with E-state index in [4.69, 9.17) is 0 Å². The quantitative estimate of drug-likeness (QED) is 0.827. The van der Waals surface area contributed by atoms with Crippen molar-refractivity contribution in [3.8, 4) is 0 Å². The second kappa shape index (κ2) is 3.83. The average molecular weight is 283 g/mol. The number of nitrogens with one attached hydrogen (secondary N) is 2. The van der Waals surface area contributed by atoms with E-state index in [0.717, 1.165) is 4.47 Å². The van der Waals surface area contributed by atoms with E-state index in [2.05, 4.69) is 78.5 Å². The van der Waals surface area contributed by atoms with Crippen LogP contribution in [0.3, 0.4) is 0 Å². The molecular weight excluding hydrogens is 264 g/mol. The van der Waals surface area contributed by atoms with E-state index in [-0.39, 0.29) is 17.2 Å². The molecule has 0 radical (unpaired) electrons. The molecule has 2 N–H and O–H groups in total. The number of hydrogen-bond donors (Lipinski definition) is 2. The van der Waals surface area contributed by atoms with Gasteiger partial charge in [-0.05, 0) is 45.4 Å². The van der Waals surface area contributed by atoms with E-state index in [1.165, 1.54) is 5.56 Å². The Hall–Kier alpha value is -0.380. The Kier molecular flexibility index (Phi) is 2.89.